The summed E-state index contributed by atoms with van der Waals surface area (Å²) in [5.41, 5.74) is 1.16. The topological polar surface area (TPSA) is 37.3 Å². The Bertz CT molecular complexity index is 417. The van der Waals surface area contributed by atoms with Crippen molar-refractivity contribution in [3.05, 3.63) is 11.6 Å². The molecule has 1 aliphatic rings. The zero-order valence-corrected chi connectivity index (χ0v) is 15.7. The van der Waals surface area contributed by atoms with E-state index >= 15 is 0 Å². The van der Waals surface area contributed by atoms with E-state index in [0.29, 0.717) is 22.8 Å². The molecule has 0 aromatic rings. The van der Waals surface area contributed by atoms with Crippen LogP contribution in [0, 0.1) is 28.6 Å². The average molecular weight is 309 g/mol. The normalized spacial score (nSPS) is 27.8. The maximum Gasteiger partial charge on any atom is 0.330 e. The van der Waals surface area contributed by atoms with E-state index in [1.54, 1.807) is 6.92 Å². The van der Waals surface area contributed by atoms with Gasteiger partial charge in [0.15, 0.2) is 0 Å². The van der Waals surface area contributed by atoms with Gasteiger partial charge in [-0.3, -0.25) is 0 Å². The predicted molar refractivity (Wildman–Crippen MR) is 93.9 cm³/mol. The summed E-state index contributed by atoms with van der Waals surface area (Å²) < 4.78 is 0. The molecule has 128 valence electrons. The summed E-state index contributed by atoms with van der Waals surface area (Å²) in [7, 11) is 0. The lowest BCUT2D eigenvalue weighted by atomic mass is 9.57. The third-order valence-electron chi connectivity index (χ3n) is 6.64. The SMILES string of the molecule is CCC(C)(C)C1CCC(C=C(C)C(=O)O)C(C(C)(C)CC)C1. The largest absolute Gasteiger partial charge is 0.478 e. The molecule has 1 aliphatic carbocycles. The molecule has 0 bridgehead atoms. The van der Waals surface area contributed by atoms with Crippen LogP contribution in [0.3, 0.4) is 0 Å². The van der Waals surface area contributed by atoms with Crippen LogP contribution in [0.5, 0.6) is 0 Å². The van der Waals surface area contributed by atoms with Gasteiger partial charge in [-0.2, -0.15) is 0 Å². The molecule has 2 nitrogen and oxygen atoms in total. The first-order valence-electron chi connectivity index (χ1n) is 8.96. The van der Waals surface area contributed by atoms with E-state index in [1.165, 1.54) is 19.3 Å². The Labute approximate surface area is 137 Å². The van der Waals surface area contributed by atoms with Crippen LogP contribution in [-0.2, 0) is 4.79 Å². The summed E-state index contributed by atoms with van der Waals surface area (Å²) in [5.74, 6) is 0.971. The van der Waals surface area contributed by atoms with Gasteiger partial charge in [0.25, 0.3) is 0 Å². The Morgan fingerprint density at radius 3 is 2.09 bits per heavy atom. The monoisotopic (exact) mass is 308 g/mol. The molecule has 0 amide bonds. The summed E-state index contributed by atoms with van der Waals surface area (Å²) in [6.07, 6.45) is 7.99. The predicted octanol–water partition coefficient (Wildman–Crippen LogP) is 5.92. The van der Waals surface area contributed by atoms with Crippen molar-refractivity contribution in [1.29, 1.82) is 0 Å². The van der Waals surface area contributed by atoms with Crippen LogP contribution in [-0.4, -0.2) is 11.1 Å². The number of aliphatic carboxylic acids is 1. The van der Waals surface area contributed by atoms with Crippen LogP contribution in [0.4, 0.5) is 0 Å². The third kappa shape index (κ3) is 4.36. The number of carbonyl (C=O) groups is 1. The van der Waals surface area contributed by atoms with Gasteiger partial charge in [0.1, 0.15) is 0 Å². The Balaban J connectivity index is 3.06. The van der Waals surface area contributed by atoms with Gasteiger partial charge < -0.3 is 5.11 Å². The van der Waals surface area contributed by atoms with Crippen molar-refractivity contribution in [2.45, 2.75) is 80.6 Å². The second-order valence-corrected chi connectivity index (χ2v) is 8.62. The van der Waals surface area contributed by atoms with Gasteiger partial charge in [-0.1, -0.05) is 60.5 Å². The van der Waals surface area contributed by atoms with Crippen LogP contribution in [0.2, 0.25) is 0 Å². The lowest BCUT2D eigenvalue weighted by molar-refractivity contribution is -0.132. The lowest BCUT2D eigenvalue weighted by Crippen LogP contribution is -2.39. The number of allylic oxidation sites excluding steroid dienone is 1. The molecular formula is C20H36O2. The van der Waals surface area contributed by atoms with Crippen LogP contribution < -0.4 is 0 Å². The van der Waals surface area contributed by atoms with Crippen LogP contribution in [0.15, 0.2) is 11.6 Å². The van der Waals surface area contributed by atoms with E-state index in [-0.39, 0.29) is 5.41 Å². The third-order valence-corrected chi connectivity index (χ3v) is 6.64. The van der Waals surface area contributed by atoms with Crippen molar-refractivity contribution in [2.75, 3.05) is 0 Å². The molecule has 0 aliphatic heterocycles. The molecule has 22 heavy (non-hydrogen) atoms. The molecule has 0 spiro atoms. The highest BCUT2D eigenvalue weighted by atomic mass is 16.4. The molecule has 1 rings (SSSR count). The fraction of sp³-hybridized carbons (Fsp3) is 0.850. The second kappa shape index (κ2) is 7.19. The molecule has 2 heteroatoms. The maximum absolute atomic E-state index is 11.2. The number of carboxylic acids is 1. The number of rotatable bonds is 6. The Morgan fingerprint density at radius 2 is 1.64 bits per heavy atom. The summed E-state index contributed by atoms with van der Waals surface area (Å²) in [5, 5.41) is 9.21. The highest BCUT2D eigenvalue weighted by Crippen LogP contribution is 2.51. The number of hydrogen-bond acceptors (Lipinski definition) is 1. The summed E-state index contributed by atoms with van der Waals surface area (Å²) >= 11 is 0. The van der Waals surface area contributed by atoms with Crippen molar-refractivity contribution >= 4 is 5.97 Å². The lowest BCUT2D eigenvalue weighted by Gasteiger charge is -2.48. The average Bonchev–Trinajstić information content (AvgIpc) is 2.47. The minimum Gasteiger partial charge on any atom is -0.478 e. The molecule has 0 heterocycles. The van der Waals surface area contributed by atoms with Gasteiger partial charge in [0, 0.05) is 5.57 Å². The molecule has 0 saturated heterocycles. The standard InChI is InChI=1S/C20H36O2/c1-8-19(4,5)16-11-10-15(12-14(3)18(21)22)17(13-16)20(6,7)9-2/h12,15-17H,8-11,13H2,1-7H3,(H,21,22). The highest BCUT2D eigenvalue weighted by molar-refractivity contribution is 5.85. The second-order valence-electron chi connectivity index (χ2n) is 8.62. The maximum atomic E-state index is 11.2. The van der Waals surface area contributed by atoms with E-state index in [0.717, 1.165) is 18.8 Å². The van der Waals surface area contributed by atoms with Gasteiger partial charge >= 0.3 is 5.97 Å². The molecule has 3 unspecified atom stereocenters. The summed E-state index contributed by atoms with van der Waals surface area (Å²) in [6, 6.07) is 0. The molecule has 0 aromatic carbocycles. The molecule has 3 atom stereocenters. The molecule has 0 radical (unpaired) electrons. The smallest absolute Gasteiger partial charge is 0.330 e. The van der Waals surface area contributed by atoms with Crippen molar-refractivity contribution < 1.29 is 9.90 Å². The van der Waals surface area contributed by atoms with Crippen molar-refractivity contribution in [2.24, 2.45) is 28.6 Å². The van der Waals surface area contributed by atoms with Crippen LogP contribution >= 0.6 is 0 Å². The molecule has 0 aromatic heterocycles. The van der Waals surface area contributed by atoms with Crippen molar-refractivity contribution in [3.8, 4) is 0 Å². The van der Waals surface area contributed by atoms with Crippen molar-refractivity contribution in [3.63, 3.8) is 0 Å². The minimum atomic E-state index is -0.774. The van der Waals surface area contributed by atoms with Crippen molar-refractivity contribution in [1.82, 2.24) is 0 Å². The van der Waals surface area contributed by atoms with Gasteiger partial charge in [0.2, 0.25) is 0 Å². The molecule has 1 N–H and O–H groups in total. The van der Waals surface area contributed by atoms with Gasteiger partial charge in [0.05, 0.1) is 0 Å². The first-order valence-corrected chi connectivity index (χ1v) is 8.96. The van der Waals surface area contributed by atoms with E-state index in [9.17, 15) is 9.90 Å². The van der Waals surface area contributed by atoms with E-state index in [2.05, 4.69) is 41.5 Å². The van der Waals surface area contributed by atoms with Crippen LogP contribution in [0.25, 0.3) is 0 Å². The molecule has 1 saturated carbocycles. The Morgan fingerprint density at radius 1 is 1.09 bits per heavy atom. The van der Waals surface area contributed by atoms with Gasteiger partial charge in [-0.25, -0.2) is 4.79 Å². The van der Waals surface area contributed by atoms with E-state index < -0.39 is 5.97 Å². The van der Waals surface area contributed by atoms with Gasteiger partial charge in [-0.05, 0) is 54.8 Å². The summed E-state index contributed by atoms with van der Waals surface area (Å²) in [4.78, 5) is 11.2. The van der Waals surface area contributed by atoms with Gasteiger partial charge in [-0.15, -0.1) is 0 Å². The minimum absolute atomic E-state index is 0.266. The number of carboxylic acid groups (broad SMARTS) is 1. The zero-order valence-electron chi connectivity index (χ0n) is 15.7. The summed E-state index contributed by atoms with van der Waals surface area (Å²) in [6.45, 7) is 15.8. The first-order chi connectivity index (χ1) is 10.0. The highest BCUT2D eigenvalue weighted by Gasteiger charge is 2.42. The van der Waals surface area contributed by atoms with E-state index in [1.807, 2.05) is 6.08 Å². The molecular weight excluding hydrogens is 272 g/mol. The fourth-order valence-corrected chi connectivity index (χ4v) is 3.95. The molecule has 1 fully saturated rings. The first kappa shape index (κ1) is 19.3. The Kier molecular flexibility index (Phi) is 6.29. The zero-order chi connectivity index (χ0) is 17.1. The fourth-order valence-electron chi connectivity index (χ4n) is 3.95. The quantitative estimate of drug-likeness (QED) is 0.618. The Hall–Kier alpha value is -0.790. The number of hydrogen-bond donors (Lipinski definition) is 1. The van der Waals surface area contributed by atoms with E-state index in [4.69, 9.17) is 0 Å². The van der Waals surface area contributed by atoms with Crippen LogP contribution in [0.1, 0.15) is 80.6 Å².